The molecule has 0 aliphatic rings. The van der Waals surface area contributed by atoms with Gasteiger partial charge in [-0.1, -0.05) is 0 Å². The predicted molar refractivity (Wildman–Crippen MR) is 61.5 cm³/mol. The third-order valence-corrected chi connectivity index (χ3v) is 3.49. The number of aromatic nitrogens is 2. The summed E-state index contributed by atoms with van der Waals surface area (Å²) in [5.41, 5.74) is 0. The summed E-state index contributed by atoms with van der Waals surface area (Å²) in [7, 11) is 0. The van der Waals surface area contributed by atoms with Crippen LogP contribution in [0.5, 0.6) is 0 Å². The lowest BCUT2D eigenvalue weighted by Gasteiger charge is -2.25. The molecule has 15 heavy (non-hydrogen) atoms. The summed E-state index contributed by atoms with van der Waals surface area (Å²) < 4.78 is 14.5. The van der Waals surface area contributed by atoms with E-state index in [1.54, 1.807) is 18.5 Å². The molecule has 0 saturated carbocycles. The van der Waals surface area contributed by atoms with E-state index in [0.29, 0.717) is 5.82 Å². The lowest BCUT2D eigenvalue weighted by atomic mass is 10.3. The molecule has 0 spiro atoms. The zero-order valence-corrected chi connectivity index (χ0v) is 10.3. The lowest BCUT2D eigenvalue weighted by Crippen LogP contribution is -2.40. The normalized spacial score (nSPS) is 16.1. The molecule has 1 unspecified atom stereocenters. The average molecular weight is 227 g/mol. The van der Waals surface area contributed by atoms with E-state index in [0.717, 1.165) is 0 Å². The third kappa shape index (κ3) is 3.77. The molecule has 0 radical (unpaired) electrons. The van der Waals surface area contributed by atoms with E-state index in [1.807, 2.05) is 27.7 Å². The van der Waals surface area contributed by atoms with Crippen LogP contribution in [0, 0.1) is 0 Å². The molecule has 84 valence electrons. The summed E-state index contributed by atoms with van der Waals surface area (Å²) in [6.45, 7) is 7.68. The first-order valence-electron chi connectivity index (χ1n) is 4.86. The maximum absolute atomic E-state index is 11.8. The SMILES string of the molecule is C[C@@H](N[S+]([O-])C(C)(C)C)c1ncccn1. The Bertz CT molecular complexity index is 299. The van der Waals surface area contributed by atoms with Crippen LogP contribution in [0.1, 0.15) is 39.6 Å². The summed E-state index contributed by atoms with van der Waals surface area (Å²) >= 11 is -1.10. The third-order valence-electron chi connectivity index (χ3n) is 1.81. The fourth-order valence-corrected chi connectivity index (χ4v) is 1.70. The van der Waals surface area contributed by atoms with Crippen molar-refractivity contribution in [1.29, 1.82) is 0 Å². The van der Waals surface area contributed by atoms with Gasteiger partial charge in [-0.3, -0.25) is 0 Å². The fraction of sp³-hybridized carbons (Fsp3) is 0.600. The van der Waals surface area contributed by atoms with Crippen molar-refractivity contribution in [3.8, 4) is 0 Å². The van der Waals surface area contributed by atoms with Crippen molar-refractivity contribution in [1.82, 2.24) is 14.7 Å². The van der Waals surface area contributed by atoms with Gasteiger partial charge in [-0.15, -0.1) is 4.72 Å². The summed E-state index contributed by atoms with van der Waals surface area (Å²) in [6.07, 6.45) is 3.36. The van der Waals surface area contributed by atoms with E-state index in [4.69, 9.17) is 0 Å². The molecule has 1 aromatic rings. The van der Waals surface area contributed by atoms with E-state index in [1.165, 1.54) is 0 Å². The summed E-state index contributed by atoms with van der Waals surface area (Å²) in [5.74, 6) is 0.662. The summed E-state index contributed by atoms with van der Waals surface area (Å²) in [5, 5.41) is 0. The minimum atomic E-state index is -1.10. The first-order valence-corrected chi connectivity index (χ1v) is 6.01. The van der Waals surface area contributed by atoms with E-state index in [9.17, 15) is 4.55 Å². The van der Waals surface area contributed by atoms with E-state index in [2.05, 4.69) is 14.7 Å². The molecule has 0 aromatic carbocycles. The Morgan fingerprint density at radius 1 is 1.33 bits per heavy atom. The zero-order chi connectivity index (χ0) is 11.5. The molecule has 1 aromatic heterocycles. The van der Waals surface area contributed by atoms with Gasteiger partial charge in [0, 0.05) is 23.8 Å². The van der Waals surface area contributed by atoms with Crippen LogP contribution < -0.4 is 4.72 Å². The molecule has 0 aliphatic carbocycles. The number of hydrogen-bond donors (Lipinski definition) is 1. The minimum Gasteiger partial charge on any atom is -0.598 e. The van der Waals surface area contributed by atoms with Crippen molar-refractivity contribution in [2.75, 3.05) is 0 Å². The van der Waals surface area contributed by atoms with Gasteiger partial charge in [-0.25, -0.2) is 9.97 Å². The minimum absolute atomic E-state index is 0.105. The Hall–Kier alpha value is -0.650. The number of rotatable bonds is 3. The number of nitrogens with one attached hydrogen (secondary N) is 1. The van der Waals surface area contributed by atoms with E-state index < -0.39 is 11.4 Å². The standard InChI is InChI=1S/C10H17N3OS/c1-8(9-11-6-5-7-12-9)13-15(14)10(2,3)4/h5-8,13H,1-4H3/t8-,15?/m1/s1. The van der Waals surface area contributed by atoms with E-state index in [-0.39, 0.29) is 10.8 Å². The van der Waals surface area contributed by atoms with Gasteiger partial charge in [0.05, 0.1) is 0 Å². The van der Waals surface area contributed by atoms with Gasteiger partial charge in [-0.2, -0.15) is 0 Å². The maximum atomic E-state index is 11.8. The molecular weight excluding hydrogens is 210 g/mol. The van der Waals surface area contributed by atoms with Crippen molar-refractivity contribution in [3.05, 3.63) is 24.3 Å². The highest BCUT2D eigenvalue weighted by Gasteiger charge is 2.28. The van der Waals surface area contributed by atoms with Crippen LogP contribution in [0.25, 0.3) is 0 Å². The predicted octanol–water partition coefficient (Wildman–Crippen LogP) is 1.59. The van der Waals surface area contributed by atoms with Crippen LogP contribution in [0.2, 0.25) is 0 Å². The van der Waals surface area contributed by atoms with Crippen molar-refractivity contribution >= 4 is 11.4 Å². The molecule has 0 saturated heterocycles. The van der Waals surface area contributed by atoms with Crippen LogP contribution >= 0.6 is 0 Å². The topological polar surface area (TPSA) is 60.9 Å². The van der Waals surface area contributed by atoms with Gasteiger partial charge in [0.1, 0.15) is 16.6 Å². The van der Waals surface area contributed by atoms with Gasteiger partial charge < -0.3 is 4.55 Å². The Labute approximate surface area is 93.8 Å². The van der Waals surface area contributed by atoms with Gasteiger partial charge in [0.25, 0.3) is 0 Å². The van der Waals surface area contributed by atoms with E-state index >= 15 is 0 Å². The maximum Gasteiger partial charge on any atom is 0.149 e. The van der Waals surface area contributed by atoms with Crippen LogP contribution in [0.3, 0.4) is 0 Å². The quantitative estimate of drug-likeness (QED) is 0.797. The fourth-order valence-electron chi connectivity index (χ4n) is 0.924. The van der Waals surface area contributed by atoms with Crippen LogP contribution in [0.15, 0.2) is 18.5 Å². The Morgan fingerprint density at radius 2 is 1.87 bits per heavy atom. The molecule has 1 rings (SSSR count). The monoisotopic (exact) mass is 227 g/mol. The molecule has 5 heteroatoms. The molecule has 2 atom stereocenters. The highest BCUT2D eigenvalue weighted by Crippen LogP contribution is 2.17. The van der Waals surface area contributed by atoms with Crippen molar-refractivity contribution in [2.45, 2.75) is 38.5 Å². The molecule has 1 heterocycles. The molecule has 0 bridgehead atoms. The molecule has 0 amide bonds. The van der Waals surface area contributed by atoms with Crippen molar-refractivity contribution in [2.24, 2.45) is 0 Å². The second kappa shape index (κ2) is 4.92. The molecule has 0 fully saturated rings. The lowest BCUT2D eigenvalue weighted by molar-refractivity contribution is 0.526. The molecular formula is C10H17N3OS. The second-order valence-corrected chi connectivity index (χ2v) is 6.33. The number of nitrogens with zero attached hydrogens (tertiary/aromatic N) is 2. The van der Waals surface area contributed by atoms with Crippen LogP contribution in [-0.4, -0.2) is 19.3 Å². The van der Waals surface area contributed by atoms with Crippen molar-refractivity contribution in [3.63, 3.8) is 0 Å². The molecule has 1 N–H and O–H groups in total. The van der Waals surface area contributed by atoms with Gasteiger partial charge >= 0.3 is 0 Å². The molecule has 0 aliphatic heterocycles. The smallest absolute Gasteiger partial charge is 0.149 e. The zero-order valence-electron chi connectivity index (χ0n) is 9.52. The molecule has 4 nitrogen and oxygen atoms in total. The Morgan fingerprint density at radius 3 is 2.33 bits per heavy atom. The summed E-state index contributed by atoms with van der Waals surface area (Å²) in [6, 6.07) is 1.66. The van der Waals surface area contributed by atoms with Gasteiger partial charge in [0.15, 0.2) is 0 Å². The first kappa shape index (κ1) is 12.4. The van der Waals surface area contributed by atoms with Crippen LogP contribution in [-0.2, 0) is 11.4 Å². The van der Waals surface area contributed by atoms with Gasteiger partial charge in [0.2, 0.25) is 0 Å². The number of hydrogen-bond acceptors (Lipinski definition) is 4. The highest BCUT2D eigenvalue weighted by molar-refractivity contribution is 7.90. The largest absolute Gasteiger partial charge is 0.598 e. The first-order chi connectivity index (χ1) is 6.91. The van der Waals surface area contributed by atoms with Gasteiger partial charge in [-0.05, 0) is 33.8 Å². The highest BCUT2D eigenvalue weighted by atomic mass is 32.2. The average Bonchev–Trinajstić information content (AvgIpc) is 2.17. The Kier molecular flexibility index (Phi) is 4.07. The summed E-state index contributed by atoms with van der Waals surface area (Å²) in [4.78, 5) is 8.21. The Balaban J connectivity index is 2.61. The second-order valence-electron chi connectivity index (χ2n) is 4.33. The van der Waals surface area contributed by atoms with Crippen molar-refractivity contribution < 1.29 is 4.55 Å². The van der Waals surface area contributed by atoms with Crippen LogP contribution in [0.4, 0.5) is 0 Å².